The first-order valence-electron chi connectivity index (χ1n) is 4.79. The number of hydrogen-bond acceptors (Lipinski definition) is 4. The van der Waals surface area contributed by atoms with E-state index in [1.165, 1.54) is 19.2 Å². The lowest BCUT2D eigenvalue weighted by Gasteiger charge is -2.04. The average Bonchev–Trinajstić information content (AvgIpc) is 2.31. The van der Waals surface area contributed by atoms with E-state index in [2.05, 4.69) is 4.74 Å². The van der Waals surface area contributed by atoms with E-state index in [9.17, 15) is 9.90 Å². The Morgan fingerprint density at radius 1 is 1.47 bits per heavy atom. The van der Waals surface area contributed by atoms with Crippen LogP contribution in [0.1, 0.15) is 29.8 Å². The fourth-order valence-electron chi connectivity index (χ4n) is 0.984. The molecule has 0 saturated carbocycles. The third-order valence-electron chi connectivity index (χ3n) is 1.70. The number of carbonyl (C=O) groups is 1. The first kappa shape index (κ1) is 13.4. The summed E-state index contributed by atoms with van der Waals surface area (Å²) in [5, 5.41) is 9.29. The van der Waals surface area contributed by atoms with Gasteiger partial charge >= 0.3 is 5.97 Å². The van der Waals surface area contributed by atoms with Gasteiger partial charge in [-0.25, -0.2) is 4.79 Å². The van der Waals surface area contributed by atoms with E-state index < -0.39 is 5.97 Å². The SMILES string of the molecule is CC.COC(=O)c1cc(CN)ccc1O. The zero-order chi connectivity index (χ0) is 11.8. The summed E-state index contributed by atoms with van der Waals surface area (Å²) < 4.78 is 4.48. The second-order valence-electron chi connectivity index (χ2n) is 2.55. The van der Waals surface area contributed by atoms with Gasteiger partial charge in [0.25, 0.3) is 0 Å². The van der Waals surface area contributed by atoms with E-state index in [4.69, 9.17) is 5.73 Å². The smallest absolute Gasteiger partial charge is 0.341 e. The minimum atomic E-state index is -0.562. The highest BCUT2D eigenvalue weighted by atomic mass is 16.5. The molecule has 0 unspecified atom stereocenters. The zero-order valence-corrected chi connectivity index (χ0v) is 9.28. The normalized spacial score (nSPS) is 8.80. The van der Waals surface area contributed by atoms with Gasteiger partial charge in [-0.3, -0.25) is 0 Å². The highest BCUT2D eigenvalue weighted by Gasteiger charge is 2.11. The Hall–Kier alpha value is -1.55. The van der Waals surface area contributed by atoms with Crippen molar-refractivity contribution < 1.29 is 14.6 Å². The molecule has 0 amide bonds. The predicted molar refractivity (Wildman–Crippen MR) is 58.7 cm³/mol. The zero-order valence-electron chi connectivity index (χ0n) is 9.28. The van der Waals surface area contributed by atoms with Crippen LogP contribution in [0.15, 0.2) is 18.2 Å². The van der Waals surface area contributed by atoms with Crippen LogP contribution in [-0.2, 0) is 11.3 Å². The number of nitrogens with two attached hydrogens (primary N) is 1. The molecular weight excluding hydrogens is 194 g/mol. The molecule has 0 aliphatic carbocycles. The lowest BCUT2D eigenvalue weighted by Crippen LogP contribution is -2.04. The van der Waals surface area contributed by atoms with Crippen LogP contribution in [0.4, 0.5) is 0 Å². The molecule has 0 atom stereocenters. The monoisotopic (exact) mass is 211 g/mol. The summed E-state index contributed by atoms with van der Waals surface area (Å²) in [4.78, 5) is 11.1. The van der Waals surface area contributed by atoms with E-state index >= 15 is 0 Å². The third kappa shape index (κ3) is 3.59. The van der Waals surface area contributed by atoms with Gasteiger partial charge in [0.1, 0.15) is 11.3 Å². The van der Waals surface area contributed by atoms with Crippen LogP contribution in [0.3, 0.4) is 0 Å². The van der Waals surface area contributed by atoms with Crippen LogP contribution in [-0.4, -0.2) is 18.2 Å². The second kappa shape index (κ2) is 6.84. The van der Waals surface area contributed by atoms with Crippen molar-refractivity contribution in [1.82, 2.24) is 0 Å². The van der Waals surface area contributed by atoms with Crippen LogP contribution < -0.4 is 5.73 Å². The van der Waals surface area contributed by atoms with Crippen LogP contribution >= 0.6 is 0 Å². The van der Waals surface area contributed by atoms with Crippen molar-refractivity contribution in [1.29, 1.82) is 0 Å². The molecule has 0 radical (unpaired) electrons. The summed E-state index contributed by atoms with van der Waals surface area (Å²) in [6.07, 6.45) is 0. The predicted octanol–water partition coefficient (Wildman–Crippen LogP) is 1.66. The molecule has 1 aromatic rings. The molecule has 0 heterocycles. The van der Waals surface area contributed by atoms with Gasteiger partial charge in [0.2, 0.25) is 0 Å². The molecule has 0 bridgehead atoms. The number of hydrogen-bond donors (Lipinski definition) is 2. The fourth-order valence-corrected chi connectivity index (χ4v) is 0.984. The first-order chi connectivity index (χ1) is 7.19. The number of ether oxygens (including phenoxy) is 1. The summed E-state index contributed by atoms with van der Waals surface area (Å²) in [5.74, 6) is -0.656. The first-order valence-corrected chi connectivity index (χ1v) is 4.79. The van der Waals surface area contributed by atoms with Crippen LogP contribution in [0.25, 0.3) is 0 Å². The van der Waals surface area contributed by atoms with Crippen molar-refractivity contribution in [3.05, 3.63) is 29.3 Å². The molecule has 4 heteroatoms. The Bertz CT molecular complexity index is 324. The van der Waals surface area contributed by atoms with Crippen LogP contribution in [0, 0.1) is 0 Å². The average molecular weight is 211 g/mol. The minimum Gasteiger partial charge on any atom is -0.507 e. The number of rotatable bonds is 2. The topological polar surface area (TPSA) is 72.5 Å². The largest absolute Gasteiger partial charge is 0.507 e. The maximum absolute atomic E-state index is 11.1. The quantitative estimate of drug-likeness (QED) is 0.730. The molecule has 4 nitrogen and oxygen atoms in total. The van der Waals surface area contributed by atoms with E-state index in [1.54, 1.807) is 6.07 Å². The van der Waals surface area contributed by atoms with E-state index in [-0.39, 0.29) is 11.3 Å². The number of carbonyl (C=O) groups excluding carboxylic acids is 1. The van der Waals surface area contributed by atoms with Crippen molar-refractivity contribution >= 4 is 5.97 Å². The summed E-state index contributed by atoms with van der Waals surface area (Å²) >= 11 is 0. The van der Waals surface area contributed by atoms with Gasteiger partial charge in [0, 0.05) is 6.54 Å². The summed E-state index contributed by atoms with van der Waals surface area (Å²) in [7, 11) is 1.26. The molecule has 0 saturated heterocycles. The lowest BCUT2D eigenvalue weighted by atomic mass is 10.1. The number of esters is 1. The molecule has 1 aromatic carbocycles. The van der Waals surface area contributed by atoms with Crippen molar-refractivity contribution in [3.8, 4) is 5.75 Å². The fraction of sp³-hybridized carbons (Fsp3) is 0.364. The van der Waals surface area contributed by atoms with Gasteiger partial charge < -0.3 is 15.6 Å². The summed E-state index contributed by atoms with van der Waals surface area (Å²) in [6, 6.07) is 4.59. The van der Waals surface area contributed by atoms with E-state index in [0.29, 0.717) is 6.54 Å². The highest BCUT2D eigenvalue weighted by Crippen LogP contribution is 2.18. The number of phenolic OH excluding ortho intramolecular Hbond substituents is 1. The molecule has 0 aromatic heterocycles. The molecule has 1 rings (SSSR count). The van der Waals surface area contributed by atoms with Crippen molar-refractivity contribution in [3.63, 3.8) is 0 Å². The maximum Gasteiger partial charge on any atom is 0.341 e. The van der Waals surface area contributed by atoms with Gasteiger partial charge in [-0.2, -0.15) is 0 Å². The molecule has 0 aliphatic rings. The van der Waals surface area contributed by atoms with E-state index in [0.717, 1.165) is 5.56 Å². The number of benzene rings is 1. The van der Waals surface area contributed by atoms with Gasteiger partial charge in [-0.1, -0.05) is 19.9 Å². The van der Waals surface area contributed by atoms with Crippen LogP contribution in [0.5, 0.6) is 5.75 Å². The van der Waals surface area contributed by atoms with Gasteiger partial charge in [0.15, 0.2) is 0 Å². The van der Waals surface area contributed by atoms with Crippen molar-refractivity contribution in [2.24, 2.45) is 5.73 Å². The lowest BCUT2D eigenvalue weighted by molar-refractivity contribution is 0.0597. The number of phenols is 1. The maximum atomic E-state index is 11.1. The molecule has 0 fully saturated rings. The van der Waals surface area contributed by atoms with Gasteiger partial charge in [0.05, 0.1) is 7.11 Å². The Morgan fingerprint density at radius 2 is 2.07 bits per heavy atom. The summed E-state index contributed by atoms with van der Waals surface area (Å²) in [6.45, 7) is 4.32. The third-order valence-corrected chi connectivity index (χ3v) is 1.70. The molecule has 0 spiro atoms. The van der Waals surface area contributed by atoms with Crippen LogP contribution in [0.2, 0.25) is 0 Å². The Balaban J connectivity index is 0.000000921. The molecule has 15 heavy (non-hydrogen) atoms. The standard InChI is InChI=1S/C9H11NO3.C2H6/c1-13-9(12)7-4-6(5-10)2-3-8(7)11;1-2/h2-4,11H,5,10H2,1H3;1-2H3. The minimum absolute atomic E-state index is 0.0935. The Labute approximate surface area is 89.7 Å². The molecule has 3 N–H and O–H groups in total. The van der Waals surface area contributed by atoms with E-state index in [1.807, 2.05) is 13.8 Å². The Kier molecular flexibility index (Phi) is 6.13. The second-order valence-corrected chi connectivity index (χ2v) is 2.55. The number of methoxy groups -OCH3 is 1. The number of aromatic hydroxyl groups is 1. The van der Waals surface area contributed by atoms with Gasteiger partial charge in [-0.05, 0) is 17.7 Å². The van der Waals surface area contributed by atoms with Crippen molar-refractivity contribution in [2.75, 3.05) is 7.11 Å². The molecular formula is C11H17NO3. The highest BCUT2D eigenvalue weighted by molar-refractivity contribution is 5.92. The molecule has 84 valence electrons. The van der Waals surface area contributed by atoms with Crippen molar-refractivity contribution in [2.45, 2.75) is 20.4 Å². The Morgan fingerprint density at radius 3 is 2.53 bits per heavy atom. The summed E-state index contributed by atoms with van der Waals surface area (Å²) in [5.41, 5.74) is 6.30. The molecule has 0 aliphatic heterocycles. The van der Waals surface area contributed by atoms with Gasteiger partial charge in [-0.15, -0.1) is 0 Å².